The number of benzene rings is 2. The highest BCUT2D eigenvalue weighted by atomic mass is 16.1. The summed E-state index contributed by atoms with van der Waals surface area (Å²) in [6.45, 7) is 7.98. The molecule has 0 aliphatic rings. The second-order valence-electron chi connectivity index (χ2n) is 7.27. The van der Waals surface area contributed by atoms with Crippen LogP contribution in [0.25, 0.3) is 0 Å². The van der Waals surface area contributed by atoms with Gasteiger partial charge >= 0.3 is 0 Å². The Kier molecular flexibility index (Phi) is 6.99. The van der Waals surface area contributed by atoms with Crippen LogP contribution in [0.3, 0.4) is 0 Å². The zero-order chi connectivity index (χ0) is 19.9. The number of carbonyl (C=O) groups is 1. The van der Waals surface area contributed by atoms with E-state index in [0.29, 0.717) is 12.1 Å². The molecular weight excluding hydrogens is 336 g/mol. The second-order valence-corrected chi connectivity index (χ2v) is 7.27. The van der Waals surface area contributed by atoms with Crippen molar-refractivity contribution in [3.63, 3.8) is 0 Å². The van der Waals surface area contributed by atoms with Gasteiger partial charge in [-0.2, -0.15) is 0 Å². The van der Waals surface area contributed by atoms with E-state index in [4.69, 9.17) is 5.73 Å². The lowest BCUT2D eigenvalue weighted by Gasteiger charge is -2.27. The van der Waals surface area contributed by atoms with Crippen LogP contribution in [0, 0.1) is 0 Å². The highest BCUT2D eigenvalue weighted by molar-refractivity contribution is 5.92. The molecule has 0 aliphatic carbocycles. The van der Waals surface area contributed by atoms with Gasteiger partial charge in [-0.3, -0.25) is 9.79 Å². The van der Waals surface area contributed by atoms with Gasteiger partial charge in [0.05, 0.1) is 0 Å². The third-order valence-corrected chi connectivity index (χ3v) is 4.76. The number of carbonyl (C=O) groups excluding carboxylic acids is 1. The fourth-order valence-corrected chi connectivity index (χ4v) is 2.79. The minimum absolute atomic E-state index is 0.0208. The third-order valence-electron chi connectivity index (χ3n) is 4.76. The molecule has 27 heavy (non-hydrogen) atoms. The largest absolute Gasteiger partial charge is 0.366 e. The first-order valence-electron chi connectivity index (χ1n) is 9.28. The summed E-state index contributed by atoms with van der Waals surface area (Å²) in [4.78, 5) is 15.4. The van der Waals surface area contributed by atoms with Gasteiger partial charge in [0.25, 0.3) is 0 Å². The number of hydrogen-bond acceptors (Lipinski definition) is 2. The molecule has 4 N–H and O–H groups in total. The lowest BCUT2D eigenvalue weighted by molar-refractivity contribution is 0.100. The van der Waals surface area contributed by atoms with Crippen LogP contribution < -0.4 is 16.4 Å². The average Bonchev–Trinajstić information content (AvgIpc) is 2.68. The van der Waals surface area contributed by atoms with Crippen molar-refractivity contribution in [3.05, 3.63) is 70.8 Å². The van der Waals surface area contributed by atoms with Gasteiger partial charge in [-0.25, -0.2) is 0 Å². The van der Waals surface area contributed by atoms with Gasteiger partial charge in [-0.05, 0) is 35.2 Å². The number of nitrogens with two attached hydrogens (primary N) is 1. The zero-order valence-electron chi connectivity index (χ0n) is 16.7. The number of nitrogens with zero attached hydrogens (tertiary/aromatic N) is 1. The van der Waals surface area contributed by atoms with Crippen LogP contribution >= 0.6 is 0 Å². The molecule has 2 rings (SSSR count). The molecule has 0 radical (unpaired) electrons. The molecule has 0 spiro atoms. The van der Waals surface area contributed by atoms with E-state index in [1.54, 1.807) is 19.2 Å². The highest BCUT2D eigenvalue weighted by Gasteiger charge is 2.20. The van der Waals surface area contributed by atoms with Crippen LogP contribution in [-0.4, -0.2) is 25.5 Å². The summed E-state index contributed by atoms with van der Waals surface area (Å²) in [6, 6.07) is 16.0. The predicted molar refractivity (Wildman–Crippen MR) is 112 cm³/mol. The van der Waals surface area contributed by atoms with Crippen LogP contribution in [-0.2, 0) is 18.4 Å². The summed E-state index contributed by atoms with van der Waals surface area (Å²) in [5.74, 6) is 0.327. The quantitative estimate of drug-likeness (QED) is 0.521. The summed E-state index contributed by atoms with van der Waals surface area (Å²) >= 11 is 0. The van der Waals surface area contributed by atoms with E-state index in [2.05, 4.69) is 60.7 Å². The standard InChI is InChI=1S/C22H30N4O/c1-5-16-8-12-19(13-9-16)22(2,3)15-26-21(24-4)25-14-17-6-10-18(11-7-17)20(23)27/h6-13H,5,14-15H2,1-4H3,(H2,23,27)(H2,24,25,26). The molecule has 0 aromatic heterocycles. The number of nitrogens with one attached hydrogen (secondary N) is 2. The first-order valence-corrected chi connectivity index (χ1v) is 9.28. The van der Waals surface area contributed by atoms with Gasteiger partial charge in [0.1, 0.15) is 0 Å². The van der Waals surface area contributed by atoms with Gasteiger partial charge in [-0.15, -0.1) is 0 Å². The molecule has 5 heteroatoms. The molecule has 0 atom stereocenters. The van der Waals surface area contributed by atoms with Crippen LogP contribution in [0.5, 0.6) is 0 Å². The average molecular weight is 367 g/mol. The van der Waals surface area contributed by atoms with E-state index in [9.17, 15) is 4.79 Å². The minimum Gasteiger partial charge on any atom is -0.366 e. The van der Waals surface area contributed by atoms with Crippen molar-refractivity contribution in [3.8, 4) is 0 Å². The Morgan fingerprint density at radius 2 is 1.59 bits per heavy atom. The van der Waals surface area contributed by atoms with Gasteiger partial charge < -0.3 is 16.4 Å². The lowest BCUT2D eigenvalue weighted by Crippen LogP contribution is -2.43. The molecule has 2 aromatic carbocycles. The molecule has 0 heterocycles. The third kappa shape index (κ3) is 5.84. The van der Waals surface area contributed by atoms with Crippen molar-refractivity contribution < 1.29 is 4.79 Å². The first kappa shape index (κ1) is 20.5. The molecule has 0 saturated heterocycles. The number of primary amides is 1. The maximum atomic E-state index is 11.1. The maximum absolute atomic E-state index is 11.1. The van der Waals surface area contributed by atoms with Crippen LogP contribution in [0.4, 0.5) is 0 Å². The SMILES string of the molecule is CCc1ccc(C(C)(C)CNC(=NC)NCc2ccc(C(N)=O)cc2)cc1. The minimum atomic E-state index is -0.416. The van der Waals surface area contributed by atoms with Crippen LogP contribution in [0.15, 0.2) is 53.5 Å². The summed E-state index contributed by atoms with van der Waals surface area (Å²) in [6.07, 6.45) is 1.05. The van der Waals surface area contributed by atoms with Crippen LogP contribution in [0.2, 0.25) is 0 Å². The Morgan fingerprint density at radius 3 is 2.11 bits per heavy atom. The first-order chi connectivity index (χ1) is 12.9. The second kappa shape index (κ2) is 9.21. The summed E-state index contributed by atoms with van der Waals surface area (Å²) in [5.41, 5.74) is 9.46. The Bertz CT molecular complexity index is 777. The number of hydrogen-bond donors (Lipinski definition) is 3. The zero-order valence-corrected chi connectivity index (χ0v) is 16.7. The molecule has 1 amide bonds. The van der Waals surface area contributed by atoms with E-state index in [1.807, 2.05) is 12.1 Å². The van der Waals surface area contributed by atoms with Crippen LogP contribution in [0.1, 0.15) is 47.8 Å². The van der Waals surface area contributed by atoms with Crippen molar-refractivity contribution in [2.24, 2.45) is 10.7 Å². The number of aliphatic imine (C=N–C) groups is 1. The molecule has 0 saturated carbocycles. The Labute approximate surface area is 162 Å². The predicted octanol–water partition coefficient (Wildman–Crippen LogP) is 2.99. The van der Waals surface area contributed by atoms with Gasteiger partial charge in [0.2, 0.25) is 5.91 Å². The monoisotopic (exact) mass is 366 g/mol. The van der Waals surface area contributed by atoms with Gasteiger partial charge in [0, 0.05) is 31.1 Å². The van der Waals surface area contributed by atoms with Crippen molar-refractivity contribution in [1.29, 1.82) is 0 Å². The molecule has 0 fully saturated rings. The number of rotatable bonds is 7. The van der Waals surface area contributed by atoms with Crippen molar-refractivity contribution >= 4 is 11.9 Å². The van der Waals surface area contributed by atoms with E-state index in [1.165, 1.54) is 11.1 Å². The lowest BCUT2D eigenvalue weighted by atomic mass is 9.84. The fraction of sp³-hybridized carbons (Fsp3) is 0.364. The fourth-order valence-electron chi connectivity index (χ4n) is 2.79. The molecule has 144 valence electrons. The van der Waals surface area contributed by atoms with E-state index in [-0.39, 0.29) is 5.41 Å². The topological polar surface area (TPSA) is 79.5 Å². The number of aryl methyl sites for hydroxylation is 1. The van der Waals surface area contributed by atoms with E-state index in [0.717, 1.165) is 24.5 Å². The summed E-state index contributed by atoms with van der Waals surface area (Å²) in [5, 5.41) is 6.70. The molecule has 2 aromatic rings. The Morgan fingerprint density at radius 1 is 1.00 bits per heavy atom. The molecule has 0 unspecified atom stereocenters. The number of guanidine groups is 1. The normalized spacial score (nSPS) is 11.9. The van der Waals surface area contributed by atoms with Gasteiger partial charge in [0.15, 0.2) is 5.96 Å². The van der Waals surface area contributed by atoms with Crippen molar-refractivity contribution in [1.82, 2.24) is 10.6 Å². The Hall–Kier alpha value is -2.82. The highest BCUT2D eigenvalue weighted by Crippen LogP contribution is 2.22. The molecule has 0 bridgehead atoms. The van der Waals surface area contributed by atoms with Crippen molar-refractivity contribution in [2.45, 2.75) is 39.2 Å². The molecule has 5 nitrogen and oxygen atoms in total. The van der Waals surface area contributed by atoms with Crippen molar-refractivity contribution in [2.75, 3.05) is 13.6 Å². The molecular formula is C22H30N4O. The van der Waals surface area contributed by atoms with Gasteiger partial charge in [-0.1, -0.05) is 57.2 Å². The Balaban J connectivity index is 1.91. The summed E-state index contributed by atoms with van der Waals surface area (Å²) in [7, 11) is 1.76. The summed E-state index contributed by atoms with van der Waals surface area (Å²) < 4.78 is 0. The molecule has 0 aliphatic heterocycles. The number of amides is 1. The smallest absolute Gasteiger partial charge is 0.248 e. The van der Waals surface area contributed by atoms with E-state index < -0.39 is 5.91 Å². The van der Waals surface area contributed by atoms with E-state index >= 15 is 0 Å². The maximum Gasteiger partial charge on any atom is 0.248 e.